The highest BCUT2D eigenvalue weighted by Gasteiger charge is 2.33. The molecule has 0 aromatic heterocycles. The molecule has 3 rings (SSSR count). The van der Waals surface area contributed by atoms with Crippen LogP contribution in [0.4, 0.5) is 0 Å². The quantitative estimate of drug-likeness (QED) is 0.698. The van der Waals surface area contributed by atoms with Crippen molar-refractivity contribution in [2.45, 2.75) is 25.7 Å². The second kappa shape index (κ2) is 9.78. The maximum Gasteiger partial charge on any atom is 0.338 e. The fourth-order valence-electron chi connectivity index (χ4n) is 3.53. The summed E-state index contributed by atoms with van der Waals surface area (Å²) in [5.41, 5.74) is 2.54. The molecule has 30 heavy (non-hydrogen) atoms. The van der Waals surface area contributed by atoms with Gasteiger partial charge in [0.05, 0.1) is 12.7 Å². The van der Waals surface area contributed by atoms with E-state index in [4.69, 9.17) is 9.47 Å². The van der Waals surface area contributed by atoms with Crippen LogP contribution in [0.3, 0.4) is 0 Å². The smallest absolute Gasteiger partial charge is 0.338 e. The second-order valence-corrected chi connectivity index (χ2v) is 9.01. The first-order chi connectivity index (χ1) is 13.7. The Kier molecular flexibility index (Phi) is 7.87. The Bertz CT molecular complexity index is 1010. The summed E-state index contributed by atoms with van der Waals surface area (Å²) in [5, 5.41) is 3.15. The zero-order valence-corrected chi connectivity index (χ0v) is 19.2. The normalized spacial score (nSPS) is 14.7. The first-order valence-electron chi connectivity index (χ1n) is 9.43. The molecule has 1 aliphatic heterocycles. The lowest BCUT2D eigenvalue weighted by Gasteiger charge is -2.28. The van der Waals surface area contributed by atoms with E-state index in [0.29, 0.717) is 37.5 Å². The summed E-state index contributed by atoms with van der Waals surface area (Å²) >= 11 is 0. The molecule has 1 fully saturated rings. The number of halogens is 1. The summed E-state index contributed by atoms with van der Waals surface area (Å²) in [7, 11) is -2.60. The molecule has 0 radical (unpaired) electrons. The van der Waals surface area contributed by atoms with Crippen LogP contribution >= 0.6 is 12.4 Å². The average molecular weight is 455 g/mol. The van der Waals surface area contributed by atoms with Crippen molar-refractivity contribution in [3.8, 4) is 11.5 Å². The third-order valence-corrected chi connectivity index (χ3v) is 6.94. The number of aryl methyl sites for hydroxylation is 2. The number of ether oxygens (including phenoxy) is 2. The maximum atomic E-state index is 13.5. The zero-order chi connectivity index (χ0) is 21.2. The van der Waals surface area contributed by atoms with Gasteiger partial charge in [-0.25, -0.2) is 13.2 Å². The Morgan fingerprint density at radius 1 is 1.03 bits per heavy atom. The summed E-state index contributed by atoms with van der Waals surface area (Å²) in [4.78, 5) is 12.2. The summed E-state index contributed by atoms with van der Waals surface area (Å²) in [6.45, 7) is 7.36. The Labute approximate surface area is 183 Å². The van der Waals surface area contributed by atoms with Gasteiger partial charge in [0.15, 0.2) is 0 Å². The third kappa shape index (κ3) is 4.95. The van der Waals surface area contributed by atoms with Crippen molar-refractivity contribution in [1.82, 2.24) is 9.62 Å². The predicted molar refractivity (Wildman–Crippen MR) is 117 cm³/mol. The van der Waals surface area contributed by atoms with E-state index in [9.17, 15) is 13.2 Å². The highest BCUT2D eigenvalue weighted by atomic mass is 35.5. The van der Waals surface area contributed by atoms with E-state index in [1.54, 1.807) is 6.92 Å². The molecule has 164 valence electrons. The van der Waals surface area contributed by atoms with Gasteiger partial charge in [-0.15, -0.1) is 12.4 Å². The van der Waals surface area contributed by atoms with Gasteiger partial charge in [-0.2, -0.15) is 4.31 Å². The number of methoxy groups -OCH3 is 1. The first kappa shape index (κ1) is 24.1. The molecular formula is C21H27ClN2O5S. The van der Waals surface area contributed by atoms with Crippen LogP contribution in [0.1, 0.15) is 27.0 Å². The van der Waals surface area contributed by atoms with Gasteiger partial charge in [0, 0.05) is 26.2 Å². The van der Waals surface area contributed by atoms with Crippen molar-refractivity contribution in [2.75, 3.05) is 33.3 Å². The van der Waals surface area contributed by atoms with Crippen LogP contribution in [-0.2, 0) is 14.8 Å². The SMILES string of the molecule is COC(=O)c1ccc(Oc2cc(C)cc(C)c2)c(S(=O)(=O)N2CCNCC2)c1C.Cl. The van der Waals surface area contributed by atoms with Crippen LogP contribution in [0.5, 0.6) is 11.5 Å². The third-order valence-electron chi connectivity index (χ3n) is 4.87. The average Bonchev–Trinajstić information content (AvgIpc) is 2.67. The number of sulfonamides is 1. The standard InChI is InChI=1S/C21H26N2O5S.ClH/c1-14-11-15(2)13-17(12-14)28-19-6-5-18(21(24)27-4)16(3)20(19)29(25,26)23-9-7-22-8-10-23;/h5-6,11-13,22H,7-10H2,1-4H3;1H. The van der Waals surface area contributed by atoms with Gasteiger partial charge in [0.1, 0.15) is 16.4 Å². The van der Waals surface area contributed by atoms with E-state index >= 15 is 0 Å². The summed E-state index contributed by atoms with van der Waals surface area (Å²) < 4.78 is 39.2. The topological polar surface area (TPSA) is 84.9 Å². The molecule has 2 aromatic carbocycles. The lowest BCUT2D eigenvalue weighted by atomic mass is 10.1. The number of nitrogens with zero attached hydrogens (tertiary/aromatic N) is 1. The Morgan fingerprint density at radius 3 is 2.20 bits per heavy atom. The van der Waals surface area contributed by atoms with Gasteiger partial charge in [0.2, 0.25) is 10.0 Å². The van der Waals surface area contributed by atoms with Crippen molar-refractivity contribution in [2.24, 2.45) is 0 Å². The van der Waals surface area contributed by atoms with Crippen molar-refractivity contribution >= 4 is 28.4 Å². The fourth-order valence-corrected chi connectivity index (χ4v) is 5.31. The van der Waals surface area contributed by atoms with E-state index in [-0.39, 0.29) is 28.6 Å². The molecule has 1 aliphatic rings. The van der Waals surface area contributed by atoms with E-state index in [2.05, 4.69) is 5.32 Å². The zero-order valence-electron chi connectivity index (χ0n) is 17.5. The van der Waals surface area contributed by atoms with Crippen molar-refractivity contribution in [3.63, 3.8) is 0 Å². The van der Waals surface area contributed by atoms with E-state index < -0.39 is 16.0 Å². The second-order valence-electron chi connectivity index (χ2n) is 7.14. The van der Waals surface area contributed by atoms with Crippen molar-refractivity contribution in [3.05, 3.63) is 52.6 Å². The number of piperazine rings is 1. The molecule has 1 heterocycles. The monoisotopic (exact) mass is 454 g/mol. The van der Waals surface area contributed by atoms with E-state index in [1.165, 1.54) is 23.5 Å². The number of carbonyl (C=O) groups is 1. The molecule has 0 bridgehead atoms. The lowest BCUT2D eigenvalue weighted by molar-refractivity contribution is 0.0599. The number of esters is 1. The molecule has 2 aromatic rings. The molecule has 0 saturated carbocycles. The van der Waals surface area contributed by atoms with Gasteiger partial charge >= 0.3 is 5.97 Å². The number of benzene rings is 2. The van der Waals surface area contributed by atoms with Crippen LogP contribution in [0.25, 0.3) is 0 Å². The number of rotatable bonds is 5. The van der Waals surface area contributed by atoms with Gasteiger partial charge < -0.3 is 14.8 Å². The van der Waals surface area contributed by atoms with Crippen LogP contribution in [0.15, 0.2) is 35.2 Å². The van der Waals surface area contributed by atoms with Crippen molar-refractivity contribution in [1.29, 1.82) is 0 Å². The number of hydrogen-bond donors (Lipinski definition) is 1. The molecule has 0 aliphatic carbocycles. The fraction of sp³-hybridized carbons (Fsp3) is 0.381. The van der Waals surface area contributed by atoms with Crippen molar-refractivity contribution < 1.29 is 22.7 Å². The minimum Gasteiger partial charge on any atom is -0.465 e. The molecule has 1 N–H and O–H groups in total. The molecule has 9 heteroatoms. The molecule has 0 unspecified atom stereocenters. The van der Waals surface area contributed by atoms with Crippen LogP contribution in [0.2, 0.25) is 0 Å². The predicted octanol–water partition coefficient (Wildman–Crippen LogP) is 3.21. The van der Waals surface area contributed by atoms with Crippen LogP contribution in [-0.4, -0.2) is 52.0 Å². The summed E-state index contributed by atoms with van der Waals surface area (Å²) in [6.07, 6.45) is 0. The highest BCUT2D eigenvalue weighted by Crippen LogP contribution is 2.36. The van der Waals surface area contributed by atoms with Gasteiger partial charge in [0.25, 0.3) is 0 Å². The largest absolute Gasteiger partial charge is 0.465 e. The molecule has 0 amide bonds. The van der Waals surface area contributed by atoms with Crippen LogP contribution < -0.4 is 10.1 Å². The summed E-state index contributed by atoms with van der Waals surface area (Å²) in [6, 6.07) is 8.76. The summed E-state index contributed by atoms with van der Waals surface area (Å²) in [5.74, 6) is 0.153. The molecule has 1 saturated heterocycles. The number of hydrogen-bond acceptors (Lipinski definition) is 6. The van der Waals surface area contributed by atoms with Gasteiger partial charge in [-0.3, -0.25) is 0 Å². The minimum atomic E-state index is -3.87. The lowest BCUT2D eigenvalue weighted by Crippen LogP contribution is -2.46. The Hall–Kier alpha value is -2.13. The molecular weight excluding hydrogens is 428 g/mol. The Morgan fingerprint density at radius 2 is 1.63 bits per heavy atom. The number of carbonyl (C=O) groups excluding carboxylic acids is 1. The molecule has 0 atom stereocenters. The molecule has 0 spiro atoms. The van der Waals surface area contributed by atoms with E-state index in [0.717, 1.165) is 11.1 Å². The van der Waals surface area contributed by atoms with Gasteiger partial charge in [-0.1, -0.05) is 6.07 Å². The number of nitrogens with one attached hydrogen (secondary N) is 1. The molecule has 7 nitrogen and oxygen atoms in total. The minimum absolute atomic E-state index is 0. The first-order valence-corrected chi connectivity index (χ1v) is 10.9. The Balaban J connectivity index is 0.00000320. The van der Waals surface area contributed by atoms with E-state index in [1.807, 2.05) is 32.0 Å². The van der Waals surface area contributed by atoms with Crippen LogP contribution in [0, 0.1) is 20.8 Å². The highest BCUT2D eigenvalue weighted by molar-refractivity contribution is 7.89. The maximum absolute atomic E-state index is 13.5. The van der Waals surface area contributed by atoms with Gasteiger partial charge in [-0.05, 0) is 61.7 Å².